The molecule has 2 amide bonds. The minimum Gasteiger partial charge on any atom is -0.355 e. The Balaban J connectivity index is 2.30. The molecule has 0 unspecified atom stereocenters. The number of nitro groups is 1. The van der Waals surface area contributed by atoms with Crippen LogP contribution < -0.4 is 10.6 Å². The van der Waals surface area contributed by atoms with E-state index in [4.69, 9.17) is 11.6 Å². The molecule has 0 aromatic heterocycles. The zero-order valence-electron chi connectivity index (χ0n) is 12.0. The van der Waals surface area contributed by atoms with Crippen LogP contribution in [0.25, 0.3) is 0 Å². The Kier molecular flexibility index (Phi) is 4.92. The Morgan fingerprint density at radius 3 is 2.52 bits per heavy atom. The molecule has 0 fully saturated rings. The Hall–Kier alpha value is -2.93. The number of benzene rings is 2. The van der Waals surface area contributed by atoms with E-state index in [0.29, 0.717) is 11.3 Å². The van der Waals surface area contributed by atoms with Gasteiger partial charge in [-0.1, -0.05) is 17.7 Å². The largest absolute Gasteiger partial charge is 0.355 e. The number of hydrogen-bond acceptors (Lipinski definition) is 4. The lowest BCUT2D eigenvalue weighted by Crippen LogP contribution is -2.18. The number of nitrogens with one attached hydrogen (secondary N) is 2. The monoisotopic (exact) mass is 333 g/mol. The number of rotatable bonds is 4. The van der Waals surface area contributed by atoms with E-state index in [1.165, 1.54) is 25.2 Å². The summed E-state index contributed by atoms with van der Waals surface area (Å²) in [5.74, 6) is -0.971. The second-order valence-electron chi connectivity index (χ2n) is 4.53. The molecule has 0 aliphatic rings. The van der Waals surface area contributed by atoms with Crippen molar-refractivity contribution >= 4 is 34.8 Å². The smallest absolute Gasteiger partial charge is 0.283 e. The SMILES string of the molecule is CNC(=O)c1cccc(NC(=O)c2ccc(Cl)cc2[N+](=O)[O-])c1. The van der Waals surface area contributed by atoms with Crippen molar-refractivity contribution in [2.45, 2.75) is 0 Å². The highest BCUT2D eigenvalue weighted by Gasteiger charge is 2.20. The van der Waals surface area contributed by atoms with E-state index in [1.807, 2.05) is 0 Å². The van der Waals surface area contributed by atoms with Gasteiger partial charge in [-0.15, -0.1) is 0 Å². The van der Waals surface area contributed by atoms with E-state index in [0.717, 1.165) is 6.07 Å². The van der Waals surface area contributed by atoms with E-state index >= 15 is 0 Å². The third kappa shape index (κ3) is 3.83. The lowest BCUT2D eigenvalue weighted by atomic mass is 10.1. The number of halogens is 1. The van der Waals surface area contributed by atoms with Crippen molar-refractivity contribution in [2.24, 2.45) is 0 Å². The molecule has 7 nitrogen and oxygen atoms in total. The first-order chi connectivity index (χ1) is 10.9. The lowest BCUT2D eigenvalue weighted by molar-refractivity contribution is -0.385. The number of carbonyl (C=O) groups is 2. The summed E-state index contributed by atoms with van der Waals surface area (Å²) in [5.41, 5.74) is 0.193. The molecule has 0 heterocycles. The summed E-state index contributed by atoms with van der Waals surface area (Å²) in [6, 6.07) is 10.0. The van der Waals surface area contributed by atoms with Gasteiger partial charge in [-0.25, -0.2) is 0 Å². The third-order valence-electron chi connectivity index (χ3n) is 3.01. The lowest BCUT2D eigenvalue weighted by Gasteiger charge is -2.07. The standard InChI is InChI=1S/C15H12ClN3O4/c1-17-14(20)9-3-2-4-11(7-9)18-15(21)12-6-5-10(16)8-13(12)19(22)23/h2-8H,1H3,(H,17,20)(H,18,21). The van der Waals surface area contributed by atoms with Crippen molar-refractivity contribution < 1.29 is 14.5 Å². The number of nitro benzene ring substituents is 1. The molecule has 0 aliphatic carbocycles. The summed E-state index contributed by atoms with van der Waals surface area (Å²) >= 11 is 5.72. The minimum absolute atomic E-state index is 0.121. The Labute approximate surface area is 136 Å². The highest BCUT2D eigenvalue weighted by Crippen LogP contribution is 2.24. The molecule has 0 atom stereocenters. The molecule has 0 radical (unpaired) electrons. The topological polar surface area (TPSA) is 101 Å². The maximum atomic E-state index is 12.2. The molecule has 8 heteroatoms. The van der Waals surface area contributed by atoms with Crippen LogP contribution in [0.3, 0.4) is 0 Å². The summed E-state index contributed by atoms with van der Waals surface area (Å²) in [4.78, 5) is 34.2. The van der Waals surface area contributed by atoms with E-state index in [2.05, 4.69) is 10.6 Å². The predicted molar refractivity (Wildman–Crippen MR) is 85.9 cm³/mol. The molecule has 0 aliphatic heterocycles. The van der Waals surface area contributed by atoms with Gasteiger partial charge >= 0.3 is 0 Å². The molecule has 0 saturated heterocycles. The third-order valence-corrected chi connectivity index (χ3v) is 3.25. The number of nitrogens with zero attached hydrogens (tertiary/aromatic N) is 1. The van der Waals surface area contributed by atoms with Crippen molar-refractivity contribution in [3.63, 3.8) is 0 Å². The molecule has 2 aromatic rings. The van der Waals surface area contributed by atoms with Crippen LogP contribution in [0.4, 0.5) is 11.4 Å². The molecular formula is C15H12ClN3O4. The summed E-state index contributed by atoms with van der Waals surface area (Å²) in [7, 11) is 1.49. The number of amides is 2. The zero-order chi connectivity index (χ0) is 17.0. The van der Waals surface area contributed by atoms with Crippen LogP contribution in [-0.2, 0) is 0 Å². The normalized spacial score (nSPS) is 10.0. The molecule has 0 spiro atoms. The van der Waals surface area contributed by atoms with Crippen molar-refractivity contribution in [1.82, 2.24) is 5.32 Å². The van der Waals surface area contributed by atoms with E-state index in [1.54, 1.807) is 18.2 Å². The van der Waals surface area contributed by atoms with Gasteiger partial charge in [0.1, 0.15) is 5.56 Å². The summed E-state index contributed by atoms with van der Waals surface area (Å²) in [5, 5.41) is 16.2. The van der Waals surface area contributed by atoms with Gasteiger partial charge in [0.15, 0.2) is 0 Å². The van der Waals surface area contributed by atoms with Crippen LogP contribution in [0.5, 0.6) is 0 Å². The van der Waals surface area contributed by atoms with Crippen molar-refractivity contribution in [2.75, 3.05) is 12.4 Å². The second kappa shape index (κ2) is 6.89. The first-order valence-corrected chi connectivity index (χ1v) is 6.87. The van der Waals surface area contributed by atoms with Crippen molar-refractivity contribution in [3.05, 3.63) is 68.7 Å². The maximum absolute atomic E-state index is 12.2. The highest BCUT2D eigenvalue weighted by molar-refractivity contribution is 6.31. The molecule has 2 N–H and O–H groups in total. The molecule has 2 aromatic carbocycles. The highest BCUT2D eigenvalue weighted by atomic mass is 35.5. The fourth-order valence-corrected chi connectivity index (χ4v) is 2.10. The molecule has 23 heavy (non-hydrogen) atoms. The van der Waals surface area contributed by atoms with Gasteiger partial charge < -0.3 is 10.6 Å². The number of hydrogen-bond donors (Lipinski definition) is 2. The van der Waals surface area contributed by atoms with Gasteiger partial charge in [0.05, 0.1) is 4.92 Å². The first kappa shape index (κ1) is 16.4. The molecule has 0 bridgehead atoms. The van der Waals surface area contributed by atoms with Gasteiger partial charge in [-0.3, -0.25) is 19.7 Å². The van der Waals surface area contributed by atoms with E-state index in [-0.39, 0.29) is 16.5 Å². The Morgan fingerprint density at radius 1 is 1.13 bits per heavy atom. The van der Waals surface area contributed by atoms with Crippen molar-refractivity contribution in [1.29, 1.82) is 0 Å². The van der Waals surface area contributed by atoms with Gasteiger partial charge in [0.25, 0.3) is 17.5 Å². The van der Waals surface area contributed by atoms with Gasteiger partial charge in [0.2, 0.25) is 0 Å². The second-order valence-corrected chi connectivity index (χ2v) is 4.97. The molecular weight excluding hydrogens is 322 g/mol. The predicted octanol–water partition coefficient (Wildman–Crippen LogP) is 2.86. The number of carbonyl (C=O) groups excluding carboxylic acids is 2. The van der Waals surface area contributed by atoms with Crippen LogP contribution in [0.2, 0.25) is 5.02 Å². The zero-order valence-corrected chi connectivity index (χ0v) is 12.8. The Morgan fingerprint density at radius 2 is 1.87 bits per heavy atom. The summed E-state index contributed by atoms with van der Waals surface area (Å²) in [6.45, 7) is 0. The van der Waals surface area contributed by atoms with Crippen LogP contribution in [0, 0.1) is 10.1 Å². The van der Waals surface area contributed by atoms with Crippen LogP contribution >= 0.6 is 11.6 Å². The van der Waals surface area contributed by atoms with Gasteiger partial charge in [0, 0.05) is 29.4 Å². The van der Waals surface area contributed by atoms with Crippen LogP contribution in [0.15, 0.2) is 42.5 Å². The average molecular weight is 334 g/mol. The summed E-state index contributed by atoms with van der Waals surface area (Å²) in [6.07, 6.45) is 0. The quantitative estimate of drug-likeness (QED) is 0.663. The van der Waals surface area contributed by atoms with Crippen LogP contribution in [0.1, 0.15) is 20.7 Å². The fraction of sp³-hybridized carbons (Fsp3) is 0.0667. The molecule has 118 valence electrons. The average Bonchev–Trinajstić information content (AvgIpc) is 2.54. The van der Waals surface area contributed by atoms with E-state index < -0.39 is 16.5 Å². The van der Waals surface area contributed by atoms with Gasteiger partial charge in [-0.2, -0.15) is 0 Å². The van der Waals surface area contributed by atoms with E-state index in [9.17, 15) is 19.7 Å². The fourth-order valence-electron chi connectivity index (χ4n) is 1.93. The summed E-state index contributed by atoms with van der Waals surface area (Å²) < 4.78 is 0. The van der Waals surface area contributed by atoms with Crippen molar-refractivity contribution in [3.8, 4) is 0 Å². The minimum atomic E-state index is -0.679. The Bertz CT molecular complexity index is 792. The van der Waals surface area contributed by atoms with Crippen LogP contribution in [-0.4, -0.2) is 23.8 Å². The molecule has 0 saturated carbocycles. The maximum Gasteiger partial charge on any atom is 0.283 e. The van der Waals surface area contributed by atoms with Gasteiger partial charge in [-0.05, 0) is 30.3 Å². The number of anilines is 1. The first-order valence-electron chi connectivity index (χ1n) is 6.50. The molecule has 2 rings (SSSR count).